The Hall–Kier alpha value is -1.93. The van der Waals surface area contributed by atoms with Gasteiger partial charge < -0.3 is 20.5 Å². The number of hydrogen-bond acceptors (Lipinski definition) is 6. The van der Waals surface area contributed by atoms with Gasteiger partial charge in [0.25, 0.3) is 5.56 Å². The van der Waals surface area contributed by atoms with Gasteiger partial charge in [-0.15, -0.1) is 0 Å². The number of aliphatic hydroxyl groups excluding tert-OH is 2. The Kier molecular flexibility index (Phi) is 3.58. The summed E-state index contributed by atoms with van der Waals surface area (Å²) < 4.78 is 1.65. The topological polar surface area (TPSA) is 130 Å². The van der Waals surface area contributed by atoms with Crippen molar-refractivity contribution in [3.05, 3.63) is 16.7 Å². The fourth-order valence-electron chi connectivity index (χ4n) is 1.81. The van der Waals surface area contributed by atoms with Gasteiger partial charge in [0.1, 0.15) is 0 Å². The van der Waals surface area contributed by atoms with Crippen LogP contribution in [0.3, 0.4) is 0 Å². The van der Waals surface area contributed by atoms with E-state index in [1.807, 2.05) is 0 Å². The number of nitrogens with two attached hydrogens (primary N) is 1. The Morgan fingerprint density at radius 3 is 2.94 bits per heavy atom. The Morgan fingerprint density at radius 2 is 2.28 bits per heavy atom. The van der Waals surface area contributed by atoms with E-state index < -0.39 is 0 Å². The predicted molar refractivity (Wildman–Crippen MR) is 64.8 cm³/mol. The second-order valence-corrected chi connectivity index (χ2v) is 4.08. The maximum absolute atomic E-state index is 11.6. The monoisotopic (exact) mass is 253 g/mol. The second kappa shape index (κ2) is 5.15. The van der Waals surface area contributed by atoms with Crippen LogP contribution >= 0.6 is 0 Å². The van der Waals surface area contributed by atoms with E-state index in [9.17, 15) is 9.90 Å². The molecule has 1 atom stereocenters. The molecule has 18 heavy (non-hydrogen) atoms. The molecule has 0 saturated carbocycles. The molecule has 2 aromatic heterocycles. The normalized spacial score (nSPS) is 13.0. The molecule has 2 rings (SSSR count). The van der Waals surface area contributed by atoms with Crippen molar-refractivity contribution >= 4 is 17.1 Å². The van der Waals surface area contributed by atoms with E-state index >= 15 is 0 Å². The van der Waals surface area contributed by atoms with Crippen molar-refractivity contribution in [2.45, 2.75) is 13.0 Å². The average molecular weight is 253 g/mol. The van der Waals surface area contributed by atoms with Gasteiger partial charge in [-0.3, -0.25) is 9.78 Å². The molecule has 0 aromatic carbocycles. The van der Waals surface area contributed by atoms with E-state index in [4.69, 9.17) is 10.8 Å². The number of nitrogens with one attached hydrogen (secondary N) is 1. The van der Waals surface area contributed by atoms with Crippen molar-refractivity contribution in [1.82, 2.24) is 19.5 Å². The third-order valence-corrected chi connectivity index (χ3v) is 2.74. The lowest BCUT2D eigenvalue weighted by molar-refractivity contribution is 0.171. The molecule has 5 N–H and O–H groups in total. The Bertz CT molecular complexity index is 591. The fourth-order valence-corrected chi connectivity index (χ4v) is 1.81. The van der Waals surface area contributed by atoms with Crippen molar-refractivity contribution in [1.29, 1.82) is 0 Å². The summed E-state index contributed by atoms with van der Waals surface area (Å²) in [5, 5.41) is 18.1. The van der Waals surface area contributed by atoms with Crippen LogP contribution in [0.15, 0.2) is 11.1 Å². The molecule has 0 unspecified atom stereocenters. The number of hydrogen-bond donors (Lipinski definition) is 4. The van der Waals surface area contributed by atoms with Gasteiger partial charge >= 0.3 is 0 Å². The molecule has 0 saturated heterocycles. The third-order valence-electron chi connectivity index (χ3n) is 2.74. The molecule has 2 aromatic rings. The number of aromatic nitrogens is 4. The van der Waals surface area contributed by atoms with Gasteiger partial charge in [-0.25, -0.2) is 4.98 Å². The summed E-state index contributed by atoms with van der Waals surface area (Å²) in [6.45, 7) is 0.358. The Morgan fingerprint density at radius 1 is 1.50 bits per heavy atom. The van der Waals surface area contributed by atoms with Gasteiger partial charge in [0.2, 0.25) is 5.95 Å². The number of anilines is 1. The zero-order valence-electron chi connectivity index (χ0n) is 9.70. The number of imidazole rings is 1. The van der Waals surface area contributed by atoms with E-state index in [1.165, 1.54) is 6.33 Å². The molecular formula is C10H15N5O3. The molecule has 8 nitrogen and oxygen atoms in total. The van der Waals surface area contributed by atoms with Crippen LogP contribution in [0.4, 0.5) is 5.95 Å². The lowest BCUT2D eigenvalue weighted by Gasteiger charge is -2.13. The highest BCUT2D eigenvalue weighted by Gasteiger charge is 2.13. The first kappa shape index (κ1) is 12.5. The van der Waals surface area contributed by atoms with Crippen molar-refractivity contribution in [3.63, 3.8) is 0 Å². The smallest absolute Gasteiger partial charge is 0.280 e. The number of rotatable bonds is 5. The summed E-state index contributed by atoms with van der Waals surface area (Å²) in [7, 11) is 0. The molecule has 0 amide bonds. The van der Waals surface area contributed by atoms with Crippen LogP contribution in [-0.4, -0.2) is 42.9 Å². The minimum Gasteiger partial charge on any atom is -0.396 e. The maximum atomic E-state index is 11.6. The number of aliphatic hydroxyl groups is 2. The minimum absolute atomic E-state index is 0.00595. The first-order valence-electron chi connectivity index (χ1n) is 5.58. The SMILES string of the molecule is Nc1nc2c(ncn2C[C@H](CO)CCO)c(=O)[nH]1. The number of nitrogen functional groups attached to an aromatic ring is 1. The maximum Gasteiger partial charge on any atom is 0.280 e. The Labute approximate surface area is 102 Å². The van der Waals surface area contributed by atoms with E-state index in [0.29, 0.717) is 18.6 Å². The summed E-state index contributed by atoms with van der Waals surface area (Å²) >= 11 is 0. The van der Waals surface area contributed by atoms with Crippen molar-refractivity contribution in [3.8, 4) is 0 Å². The number of H-pyrrole nitrogens is 1. The van der Waals surface area contributed by atoms with Gasteiger partial charge in [0.15, 0.2) is 11.2 Å². The van der Waals surface area contributed by atoms with Crippen molar-refractivity contribution in [2.24, 2.45) is 5.92 Å². The summed E-state index contributed by atoms with van der Waals surface area (Å²) in [6, 6.07) is 0. The molecule has 0 aliphatic rings. The largest absolute Gasteiger partial charge is 0.396 e. The van der Waals surface area contributed by atoms with Crippen LogP contribution in [0.25, 0.3) is 11.2 Å². The second-order valence-electron chi connectivity index (χ2n) is 4.08. The first-order chi connectivity index (χ1) is 8.65. The van der Waals surface area contributed by atoms with Gasteiger partial charge in [0, 0.05) is 25.7 Å². The van der Waals surface area contributed by atoms with Crippen LogP contribution in [-0.2, 0) is 6.54 Å². The molecule has 0 fully saturated rings. The summed E-state index contributed by atoms with van der Waals surface area (Å²) in [5.41, 5.74) is 5.68. The molecule has 2 heterocycles. The number of nitrogens with zero attached hydrogens (tertiary/aromatic N) is 3. The van der Waals surface area contributed by atoms with E-state index in [-0.39, 0.29) is 36.2 Å². The molecule has 0 bridgehead atoms. The zero-order valence-corrected chi connectivity index (χ0v) is 9.70. The molecule has 98 valence electrons. The molecule has 0 aliphatic carbocycles. The standard InChI is InChI=1S/C10H15N5O3/c11-10-13-8-7(9(18)14-10)12-5-15(8)3-6(4-17)1-2-16/h5-6,16-17H,1-4H2,(H3,11,13,14,18)/t6-/m1/s1. The summed E-state index contributed by atoms with van der Waals surface area (Å²) in [6.07, 6.45) is 1.95. The lowest BCUT2D eigenvalue weighted by atomic mass is 10.1. The van der Waals surface area contributed by atoms with E-state index in [2.05, 4.69) is 15.0 Å². The highest BCUT2D eigenvalue weighted by atomic mass is 16.3. The average Bonchev–Trinajstić information content (AvgIpc) is 2.72. The van der Waals surface area contributed by atoms with Crippen LogP contribution in [0.2, 0.25) is 0 Å². The van der Waals surface area contributed by atoms with Crippen LogP contribution < -0.4 is 11.3 Å². The quantitative estimate of drug-likeness (QED) is 0.523. The van der Waals surface area contributed by atoms with Crippen molar-refractivity contribution < 1.29 is 10.2 Å². The first-order valence-corrected chi connectivity index (χ1v) is 5.58. The van der Waals surface area contributed by atoms with E-state index in [0.717, 1.165) is 0 Å². The molecule has 8 heteroatoms. The third kappa shape index (κ3) is 2.34. The van der Waals surface area contributed by atoms with Gasteiger partial charge in [0.05, 0.1) is 6.33 Å². The van der Waals surface area contributed by atoms with Crippen LogP contribution in [0.5, 0.6) is 0 Å². The molecule has 0 aliphatic heterocycles. The zero-order chi connectivity index (χ0) is 13.1. The van der Waals surface area contributed by atoms with E-state index in [1.54, 1.807) is 4.57 Å². The molecule has 0 spiro atoms. The Balaban J connectivity index is 2.37. The highest BCUT2D eigenvalue weighted by molar-refractivity contribution is 5.70. The number of fused-ring (bicyclic) bond motifs is 1. The van der Waals surface area contributed by atoms with Crippen molar-refractivity contribution in [2.75, 3.05) is 18.9 Å². The molecule has 0 radical (unpaired) electrons. The minimum atomic E-state index is -0.390. The lowest BCUT2D eigenvalue weighted by Crippen LogP contribution is -2.17. The van der Waals surface area contributed by atoms with Gasteiger partial charge in [-0.2, -0.15) is 4.98 Å². The van der Waals surface area contributed by atoms with Gasteiger partial charge in [-0.05, 0) is 6.42 Å². The summed E-state index contributed by atoms with van der Waals surface area (Å²) in [5.74, 6) is -0.0910. The fraction of sp³-hybridized carbons (Fsp3) is 0.500. The predicted octanol–water partition coefficient (Wildman–Crippen LogP) is -1.31. The molecular weight excluding hydrogens is 238 g/mol. The highest BCUT2D eigenvalue weighted by Crippen LogP contribution is 2.11. The van der Waals surface area contributed by atoms with Crippen LogP contribution in [0.1, 0.15) is 6.42 Å². The summed E-state index contributed by atoms with van der Waals surface area (Å²) in [4.78, 5) is 21.9. The van der Waals surface area contributed by atoms with Gasteiger partial charge in [-0.1, -0.05) is 0 Å². The number of aromatic amines is 1. The van der Waals surface area contributed by atoms with Crippen LogP contribution in [0, 0.1) is 5.92 Å².